The highest BCUT2D eigenvalue weighted by Crippen LogP contribution is 2.31. The zero-order valence-corrected chi connectivity index (χ0v) is 20.8. The number of benzene rings is 2. The van der Waals surface area contributed by atoms with Crippen molar-refractivity contribution in [3.05, 3.63) is 66.1 Å². The smallest absolute Gasteiger partial charge is 0.225 e. The van der Waals surface area contributed by atoms with Gasteiger partial charge < -0.3 is 19.7 Å². The van der Waals surface area contributed by atoms with E-state index in [1.165, 1.54) is 5.56 Å². The number of methoxy groups -OCH3 is 2. The van der Waals surface area contributed by atoms with Gasteiger partial charge in [-0.1, -0.05) is 29.8 Å². The number of amides is 1. The van der Waals surface area contributed by atoms with Crippen LogP contribution in [0.2, 0.25) is 0 Å². The summed E-state index contributed by atoms with van der Waals surface area (Å²) in [4.78, 5) is 24.3. The van der Waals surface area contributed by atoms with Gasteiger partial charge in [-0.2, -0.15) is 0 Å². The first kappa shape index (κ1) is 23.6. The molecule has 0 saturated carbocycles. The second kappa shape index (κ2) is 10.2. The first-order valence-electron chi connectivity index (χ1n) is 12.1. The van der Waals surface area contributed by atoms with Crippen LogP contribution in [0.5, 0.6) is 11.5 Å². The van der Waals surface area contributed by atoms with Crippen LogP contribution in [0.15, 0.2) is 55.0 Å². The predicted octanol–water partition coefficient (Wildman–Crippen LogP) is 3.67. The van der Waals surface area contributed by atoms with Crippen LogP contribution in [0.25, 0.3) is 16.7 Å². The summed E-state index contributed by atoms with van der Waals surface area (Å²) < 4.78 is 12.7. The van der Waals surface area contributed by atoms with Crippen molar-refractivity contribution in [3.63, 3.8) is 0 Å². The number of ether oxygens (including phenoxy) is 2. The fourth-order valence-electron chi connectivity index (χ4n) is 4.71. The largest absolute Gasteiger partial charge is 0.493 e. The summed E-state index contributed by atoms with van der Waals surface area (Å²) in [5, 5.41) is 8.61. The summed E-state index contributed by atoms with van der Waals surface area (Å²) in [6.45, 7) is 3.85. The number of aryl methyl sites for hydroxylation is 1. The van der Waals surface area contributed by atoms with Crippen LogP contribution in [0.4, 0.5) is 5.82 Å². The molecule has 1 fully saturated rings. The van der Waals surface area contributed by atoms with Gasteiger partial charge >= 0.3 is 0 Å². The molecule has 0 radical (unpaired) electrons. The van der Waals surface area contributed by atoms with Gasteiger partial charge in [-0.3, -0.25) is 4.79 Å². The Balaban J connectivity index is 1.31. The van der Waals surface area contributed by atoms with E-state index in [-0.39, 0.29) is 11.8 Å². The van der Waals surface area contributed by atoms with E-state index in [1.54, 1.807) is 20.5 Å². The normalized spacial score (nSPS) is 15.6. The van der Waals surface area contributed by atoms with E-state index in [2.05, 4.69) is 44.3 Å². The van der Waals surface area contributed by atoms with Crippen LogP contribution in [0.3, 0.4) is 0 Å². The van der Waals surface area contributed by atoms with Crippen LogP contribution in [0.1, 0.15) is 24.0 Å². The maximum absolute atomic E-state index is 13.1. The molecule has 1 atom stereocenters. The van der Waals surface area contributed by atoms with Crippen molar-refractivity contribution in [1.82, 2.24) is 25.1 Å². The molecule has 9 heteroatoms. The minimum absolute atomic E-state index is 0.0187. The summed E-state index contributed by atoms with van der Waals surface area (Å²) in [5.41, 5.74) is 3.67. The molecule has 3 heterocycles. The number of carbonyl (C=O) groups excluding carboxylic acids is 1. The molecule has 4 aromatic rings. The first-order chi connectivity index (χ1) is 17.6. The Morgan fingerprint density at radius 3 is 2.72 bits per heavy atom. The van der Waals surface area contributed by atoms with Crippen LogP contribution < -0.4 is 19.7 Å². The Hall–Kier alpha value is -4.14. The number of fused-ring (bicyclic) bond motifs is 1. The second-order valence-corrected chi connectivity index (χ2v) is 9.00. The molecule has 36 heavy (non-hydrogen) atoms. The number of carbonyl (C=O) groups is 1. The van der Waals surface area contributed by atoms with Crippen molar-refractivity contribution in [3.8, 4) is 17.2 Å². The van der Waals surface area contributed by atoms with Gasteiger partial charge in [-0.05, 0) is 38.0 Å². The van der Waals surface area contributed by atoms with Gasteiger partial charge in [0.25, 0.3) is 0 Å². The topological polar surface area (TPSA) is 94.4 Å². The first-order valence-corrected chi connectivity index (χ1v) is 12.1. The van der Waals surface area contributed by atoms with Crippen molar-refractivity contribution < 1.29 is 14.3 Å². The van der Waals surface area contributed by atoms with Crippen LogP contribution in [-0.4, -0.2) is 53.0 Å². The SMILES string of the molecule is COc1cccc(CNC(=O)[C@@H]2CCCN(c3ncnc4nn(-c5ccc(C)cc5)cc34)C2)c1OC. The summed E-state index contributed by atoms with van der Waals surface area (Å²) in [6, 6.07) is 13.8. The number of nitrogens with zero attached hydrogens (tertiary/aromatic N) is 5. The molecular weight excluding hydrogens is 456 g/mol. The zero-order chi connectivity index (χ0) is 25.1. The van der Waals surface area contributed by atoms with Crippen LogP contribution >= 0.6 is 0 Å². The fourth-order valence-corrected chi connectivity index (χ4v) is 4.71. The van der Waals surface area contributed by atoms with Crippen molar-refractivity contribution in [2.45, 2.75) is 26.3 Å². The summed E-state index contributed by atoms with van der Waals surface area (Å²) in [7, 11) is 3.21. The Bertz CT molecular complexity index is 1370. The van der Waals surface area contributed by atoms with Crippen molar-refractivity contribution >= 4 is 22.8 Å². The van der Waals surface area contributed by atoms with Gasteiger partial charge in [0, 0.05) is 31.4 Å². The maximum atomic E-state index is 13.1. The van der Waals surface area contributed by atoms with Crippen molar-refractivity contribution in [2.24, 2.45) is 5.92 Å². The Kier molecular flexibility index (Phi) is 6.71. The van der Waals surface area contributed by atoms with E-state index in [4.69, 9.17) is 9.47 Å². The Morgan fingerprint density at radius 1 is 1.11 bits per heavy atom. The number of rotatable bonds is 7. The number of piperidine rings is 1. The van der Waals surface area contributed by atoms with Crippen LogP contribution in [0, 0.1) is 12.8 Å². The lowest BCUT2D eigenvalue weighted by molar-refractivity contribution is -0.125. The number of hydrogen-bond acceptors (Lipinski definition) is 7. The van der Waals surface area contributed by atoms with E-state index < -0.39 is 0 Å². The van der Waals surface area contributed by atoms with Gasteiger partial charge in [0.1, 0.15) is 12.1 Å². The van der Waals surface area contributed by atoms with Gasteiger partial charge in [-0.25, -0.2) is 14.6 Å². The summed E-state index contributed by atoms with van der Waals surface area (Å²) in [6.07, 6.45) is 5.24. The lowest BCUT2D eigenvalue weighted by Crippen LogP contribution is -2.43. The minimum atomic E-state index is -0.146. The highest BCUT2D eigenvalue weighted by atomic mass is 16.5. The minimum Gasteiger partial charge on any atom is -0.493 e. The van der Waals surface area contributed by atoms with Crippen LogP contribution in [-0.2, 0) is 11.3 Å². The molecule has 1 aliphatic heterocycles. The van der Waals surface area contributed by atoms with E-state index in [9.17, 15) is 4.79 Å². The van der Waals surface area contributed by atoms with Crippen molar-refractivity contribution in [1.29, 1.82) is 0 Å². The van der Waals surface area contributed by atoms with E-state index >= 15 is 0 Å². The molecule has 2 aromatic carbocycles. The molecule has 1 N–H and O–H groups in total. The lowest BCUT2D eigenvalue weighted by Gasteiger charge is -2.33. The molecule has 1 saturated heterocycles. The average Bonchev–Trinajstić information content (AvgIpc) is 3.36. The van der Waals surface area contributed by atoms with Gasteiger partial charge in [0.05, 0.1) is 31.2 Å². The number of hydrogen-bond donors (Lipinski definition) is 1. The predicted molar refractivity (Wildman–Crippen MR) is 138 cm³/mol. The Labute approximate surface area is 210 Å². The van der Waals surface area contributed by atoms with Gasteiger partial charge in [-0.15, -0.1) is 5.10 Å². The highest BCUT2D eigenvalue weighted by molar-refractivity contribution is 5.87. The fraction of sp³-hybridized carbons (Fsp3) is 0.333. The third kappa shape index (κ3) is 4.68. The molecule has 186 valence electrons. The quantitative estimate of drug-likeness (QED) is 0.426. The molecule has 2 aromatic heterocycles. The lowest BCUT2D eigenvalue weighted by atomic mass is 9.97. The van der Waals surface area contributed by atoms with E-state index in [0.29, 0.717) is 30.2 Å². The highest BCUT2D eigenvalue weighted by Gasteiger charge is 2.28. The third-order valence-corrected chi connectivity index (χ3v) is 6.62. The molecule has 0 unspecified atom stereocenters. The molecule has 0 bridgehead atoms. The second-order valence-electron chi connectivity index (χ2n) is 9.00. The third-order valence-electron chi connectivity index (χ3n) is 6.62. The molecule has 9 nitrogen and oxygen atoms in total. The standard InChI is InChI=1S/C27H30N6O3/c1-18-9-11-21(12-10-18)33-16-22-25(31-33)29-17-30-26(22)32-13-5-7-20(15-32)27(34)28-14-19-6-4-8-23(35-2)24(19)36-3/h4,6,8-12,16-17,20H,5,7,13-15H2,1-3H3,(H,28,34)/t20-/m1/s1. The monoisotopic (exact) mass is 486 g/mol. The van der Waals surface area contributed by atoms with E-state index in [0.717, 1.165) is 41.8 Å². The summed E-state index contributed by atoms with van der Waals surface area (Å²) in [5.74, 6) is 1.97. The van der Waals surface area contributed by atoms with E-state index in [1.807, 2.05) is 41.2 Å². The van der Waals surface area contributed by atoms with Gasteiger partial charge in [0.2, 0.25) is 5.91 Å². The number of anilines is 1. The van der Waals surface area contributed by atoms with Gasteiger partial charge in [0.15, 0.2) is 17.1 Å². The summed E-state index contributed by atoms with van der Waals surface area (Å²) >= 11 is 0. The molecule has 1 aliphatic rings. The number of aromatic nitrogens is 4. The maximum Gasteiger partial charge on any atom is 0.225 e. The zero-order valence-electron chi connectivity index (χ0n) is 20.8. The number of nitrogens with one attached hydrogen (secondary N) is 1. The molecule has 1 amide bonds. The average molecular weight is 487 g/mol. The Morgan fingerprint density at radius 2 is 1.94 bits per heavy atom. The molecular formula is C27H30N6O3. The molecule has 0 aliphatic carbocycles. The molecule has 5 rings (SSSR count). The number of para-hydroxylation sites is 1. The van der Waals surface area contributed by atoms with Crippen molar-refractivity contribution in [2.75, 3.05) is 32.2 Å². The molecule has 0 spiro atoms.